The van der Waals surface area contributed by atoms with Crippen molar-refractivity contribution in [3.63, 3.8) is 0 Å². The molecule has 1 N–H and O–H groups in total. The van der Waals surface area contributed by atoms with Gasteiger partial charge >= 0.3 is 0 Å². The van der Waals surface area contributed by atoms with Gasteiger partial charge in [0.25, 0.3) is 0 Å². The molecule has 3 heterocycles. The molecule has 0 radical (unpaired) electrons. The molecule has 2 fully saturated rings. The first-order valence-corrected chi connectivity index (χ1v) is 10.2. The first-order chi connectivity index (χ1) is 13.6. The maximum Gasteiger partial charge on any atom is 0.244 e. The lowest BCUT2D eigenvalue weighted by atomic mass is 9.84. The van der Waals surface area contributed by atoms with Crippen molar-refractivity contribution in [2.45, 2.75) is 50.5 Å². The molecular formula is C21H27N3O4. The minimum absolute atomic E-state index is 0.00634. The van der Waals surface area contributed by atoms with Crippen molar-refractivity contribution in [3.05, 3.63) is 24.3 Å². The molecule has 1 aromatic rings. The van der Waals surface area contributed by atoms with Gasteiger partial charge in [-0.05, 0) is 44.2 Å². The first-order valence-electron chi connectivity index (χ1n) is 10.2. The number of nitrogens with one attached hydrogen (secondary N) is 1. The second-order valence-electron chi connectivity index (χ2n) is 7.91. The highest BCUT2D eigenvalue weighted by molar-refractivity contribution is 6.10. The highest BCUT2D eigenvalue weighted by atomic mass is 16.5. The third-order valence-corrected chi connectivity index (χ3v) is 6.09. The van der Waals surface area contributed by atoms with Gasteiger partial charge in [0.2, 0.25) is 17.7 Å². The lowest BCUT2D eigenvalue weighted by Gasteiger charge is -2.44. The number of benzene rings is 1. The summed E-state index contributed by atoms with van der Waals surface area (Å²) < 4.78 is 6.02. The number of amides is 3. The summed E-state index contributed by atoms with van der Waals surface area (Å²) in [6, 6.07) is 7.23. The van der Waals surface area contributed by atoms with E-state index < -0.39 is 0 Å². The lowest BCUT2D eigenvalue weighted by Crippen LogP contribution is -2.49. The van der Waals surface area contributed by atoms with Crippen LogP contribution in [0.4, 0.5) is 11.4 Å². The normalized spacial score (nSPS) is 21.2. The Kier molecular flexibility index (Phi) is 5.35. The highest BCUT2D eigenvalue weighted by Gasteiger charge is 2.38. The zero-order valence-electron chi connectivity index (χ0n) is 16.1. The maximum atomic E-state index is 12.7. The van der Waals surface area contributed by atoms with E-state index in [2.05, 4.69) is 5.32 Å². The smallest absolute Gasteiger partial charge is 0.244 e. The maximum absolute atomic E-state index is 12.7. The molecule has 0 atom stereocenters. The predicted octanol–water partition coefficient (Wildman–Crippen LogP) is 2.31. The summed E-state index contributed by atoms with van der Waals surface area (Å²) in [4.78, 5) is 40.5. The van der Waals surface area contributed by atoms with Gasteiger partial charge in [-0.2, -0.15) is 0 Å². The molecule has 0 aromatic heterocycles. The molecule has 3 aliphatic rings. The number of carbonyl (C=O) groups excluding carboxylic acids is 3. The topological polar surface area (TPSA) is 79.0 Å². The monoisotopic (exact) mass is 385 g/mol. The third kappa shape index (κ3) is 3.90. The molecule has 0 aliphatic carbocycles. The minimum atomic E-state index is -0.216. The largest absolute Gasteiger partial charge is 0.375 e. The number of likely N-dealkylation sites (tertiary alicyclic amines) is 1. The van der Waals surface area contributed by atoms with E-state index >= 15 is 0 Å². The molecule has 150 valence electrons. The first kappa shape index (κ1) is 18.9. The summed E-state index contributed by atoms with van der Waals surface area (Å²) in [7, 11) is 0. The van der Waals surface area contributed by atoms with E-state index in [1.165, 1.54) is 11.3 Å². The van der Waals surface area contributed by atoms with Gasteiger partial charge in [-0.25, -0.2) is 0 Å². The fraction of sp³-hybridized carbons (Fsp3) is 0.571. The van der Waals surface area contributed by atoms with Gasteiger partial charge in [-0.15, -0.1) is 0 Å². The van der Waals surface area contributed by atoms with Crippen LogP contribution in [-0.4, -0.2) is 54.5 Å². The van der Waals surface area contributed by atoms with Crippen molar-refractivity contribution in [3.8, 4) is 0 Å². The van der Waals surface area contributed by atoms with Crippen molar-refractivity contribution in [1.82, 2.24) is 4.90 Å². The van der Waals surface area contributed by atoms with Crippen LogP contribution in [0.2, 0.25) is 0 Å². The quantitative estimate of drug-likeness (QED) is 0.866. The van der Waals surface area contributed by atoms with Gasteiger partial charge in [0.05, 0.1) is 17.0 Å². The number of nitrogens with zero attached hydrogens (tertiary/aromatic N) is 2. The molecule has 3 aliphatic heterocycles. The molecule has 7 nitrogen and oxygen atoms in total. The average molecular weight is 385 g/mol. The van der Waals surface area contributed by atoms with Crippen LogP contribution >= 0.6 is 0 Å². The van der Waals surface area contributed by atoms with Crippen molar-refractivity contribution >= 4 is 29.1 Å². The van der Waals surface area contributed by atoms with Gasteiger partial charge in [-0.1, -0.05) is 12.1 Å². The number of anilines is 2. The van der Waals surface area contributed by atoms with Crippen LogP contribution in [0, 0.1) is 0 Å². The van der Waals surface area contributed by atoms with E-state index in [1.54, 1.807) is 6.07 Å². The van der Waals surface area contributed by atoms with Crippen molar-refractivity contribution in [2.24, 2.45) is 0 Å². The SMILES string of the molecule is O=C1CN(C(=O)CCC(=O)N2CCC3(CCCCO3)CC2)c2ccccc2N1. The van der Waals surface area contributed by atoms with Crippen molar-refractivity contribution < 1.29 is 19.1 Å². The molecule has 3 amide bonds. The number of hydrogen-bond donors (Lipinski definition) is 1. The second-order valence-corrected chi connectivity index (χ2v) is 7.91. The highest BCUT2D eigenvalue weighted by Crippen LogP contribution is 2.35. The Morgan fingerprint density at radius 3 is 2.54 bits per heavy atom. The third-order valence-electron chi connectivity index (χ3n) is 6.09. The van der Waals surface area contributed by atoms with Crippen molar-refractivity contribution in [1.29, 1.82) is 0 Å². The molecule has 28 heavy (non-hydrogen) atoms. The Balaban J connectivity index is 1.31. The number of ether oxygens (including phenoxy) is 1. The van der Waals surface area contributed by atoms with E-state index in [9.17, 15) is 14.4 Å². The fourth-order valence-corrected chi connectivity index (χ4v) is 4.43. The number of carbonyl (C=O) groups is 3. The van der Waals surface area contributed by atoms with E-state index in [-0.39, 0.29) is 42.7 Å². The minimum Gasteiger partial charge on any atom is -0.375 e. The molecule has 1 aromatic carbocycles. The summed E-state index contributed by atoms with van der Waals surface area (Å²) in [5, 5.41) is 2.77. The lowest BCUT2D eigenvalue weighted by molar-refractivity contribution is -0.143. The Morgan fingerprint density at radius 1 is 1.04 bits per heavy atom. The number of fused-ring (bicyclic) bond motifs is 1. The number of rotatable bonds is 3. The average Bonchev–Trinajstić information content (AvgIpc) is 2.72. The van der Waals surface area contributed by atoms with Crippen LogP contribution in [0.3, 0.4) is 0 Å². The van der Waals surface area contributed by atoms with Crippen LogP contribution in [0.25, 0.3) is 0 Å². The van der Waals surface area contributed by atoms with Crippen LogP contribution in [0.15, 0.2) is 24.3 Å². The summed E-state index contributed by atoms with van der Waals surface area (Å²) in [5.74, 6) is -0.402. The molecule has 4 rings (SSSR count). The van der Waals surface area contributed by atoms with Gasteiger partial charge < -0.3 is 19.9 Å². The fourth-order valence-electron chi connectivity index (χ4n) is 4.43. The predicted molar refractivity (Wildman–Crippen MR) is 105 cm³/mol. The Bertz CT molecular complexity index is 763. The van der Waals surface area contributed by atoms with E-state index in [4.69, 9.17) is 4.74 Å². The van der Waals surface area contributed by atoms with Crippen LogP contribution in [-0.2, 0) is 19.1 Å². The number of piperidine rings is 1. The standard InChI is InChI=1S/C21H27N3O4/c25-18-15-24(17-6-2-1-5-16(17)22-18)20(27)8-7-19(26)23-12-10-21(11-13-23)9-3-4-14-28-21/h1-2,5-6H,3-4,7-15H2,(H,22,25). The second kappa shape index (κ2) is 7.91. The summed E-state index contributed by atoms with van der Waals surface area (Å²) in [5.41, 5.74) is 1.29. The summed E-state index contributed by atoms with van der Waals surface area (Å²) in [6.45, 7) is 2.21. The Morgan fingerprint density at radius 2 is 1.79 bits per heavy atom. The molecular weight excluding hydrogens is 358 g/mol. The Hall–Kier alpha value is -2.41. The Labute approximate surface area is 165 Å². The van der Waals surface area contributed by atoms with E-state index in [0.29, 0.717) is 24.5 Å². The molecule has 1 spiro atoms. The zero-order chi connectivity index (χ0) is 19.6. The van der Waals surface area contributed by atoms with Crippen LogP contribution in [0.1, 0.15) is 44.9 Å². The van der Waals surface area contributed by atoms with E-state index in [0.717, 1.165) is 32.3 Å². The molecule has 2 saturated heterocycles. The number of hydrogen-bond acceptors (Lipinski definition) is 4. The van der Waals surface area contributed by atoms with Gasteiger partial charge in [0, 0.05) is 32.5 Å². The molecule has 0 bridgehead atoms. The zero-order valence-corrected chi connectivity index (χ0v) is 16.1. The summed E-state index contributed by atoms with van der Waals surface area (Å²) >= 11 is 0. The van der Waals surface area contributed by atoms with Crippen LogP contribution < -0.4 is 10.2 Å². The molecule has 7 heteroatoms. The van der Waals surface area contributed by atoms with Crippen molar-refractivity contribution in [2.75, 3.05) is 36.5 Å². The number of para-hydroxylation sites is 2. The van der Waals surface area contributed by atoms with Crippen LogP contribution in [0.5, 0.6) is 0 Å². The van der Waals surface area contributed by atoms with Gasteiger partial charge in [0.1, 0.15) is 6.54 Å². The molecule has 0 unspecified atom stereocenters. The summed E-state index contributed by atoms with van der Waals surface area (Å²) in [6.07, 6.45) is 5.46. The van der Waals surface area contributed by atoms with E-state index in [1.807, 2.05) is 23.1 Å². The molecule has 0 saturated carbocycles. The van der Waals surface area contributed by atoms with Gasteiger partial charge in [-0.3, -0.25) is 14.4 Å². The van der Waals surface area contributed by atoms with Gasteiger partial charge in [0.15, 0.2) is 0 Å².